The quantitative estimate of drug-likeness (QED) is 0.392. The van der Waals surface area contributed by atoms with Crippen LogP contribution in [0.1, 0.15) is 2.85 Å². The average molecular weight is 189 g/mol. The van der Waals surface area contributed by atoms with Gasteiger partial charge in [-0.15, -0.1) is 0 Å². The Hall–Kier alpha value is 0.660. The van der Waals surface area contributed by atoms with Gasteiger partial charge in [-0.05, 0) is 6.16 Å². The molecule has 0 aliphatic rings. The molecule has 3 nitrogen and oxygen atoms in total. The summed E-state index contributed by atoms with van der Waals surface area (Å²) in [5, 5.41) is 16.7. The van der Waals surface area contributed by atoms with Gasteiger partial charge in [-0.25, -0.2) is 0 Å². The van der Waals surface area contributed by atoms with E-state index >= 15 is 0 Å². The zero-order valence-electron chi connectivity index (χ0n) is 4.77. The molecular formula is CH2MgO3Rh. The Morgan fingerprint density at radius 3 is 1.50 bits per heavy atom. The number of hydrogen-bond donors (Lipinski definition) is 0. The van der Waals surface area contributed by atoms with Crippen molar-refractivity contribution < 1.29 is 37.3 Å². The van der Waals surface area contributed by atoms with Gasteiger partial charge < -0.3 is 17.9 Å². The second kappa shape index (κ2) is 9.18. The average Bonchev–Trinajstić information content (AvgIpc) is 0.811. The molecule has 0 saturated heterocycles. The van der Waals surface area contributed by atoms with Crippen molar-refractivity contribution in [3.05, 3.63) is 0 Å². The predicted molar refractivity (Wildman–Crippen MR) is 13.4 cm³/mol. The Bertz CT molecular complexity index is 40.3. The van der Waals surface area contributed by atoms with Crippen molar-refractivity contribution in [2.24, 2.45) is 0 Å². The molecule has 1 radical (unpaired) electrons. The minimum absolute atomic E-state index is 0. The second-order valence-corrected chi connectivity index (χ2v) is 0.250. The van der Waals surface area contributed by atoms with E-state index in [0.717, 1.165) is 0 Å². The summed E-state index contributed by atoms with van der Waals surface area (Å²) in [5.41, 5.74) is 0. The summed E-state index contributed by atoms with van der Waals surface area (Å²) < 4.78 is 0. The van der Waals surface area contributed by atoms with Gasteiger partial charge in [0.05, 0.1) is 0 Å². The molecule has 0 spiro atoms. The van der Waals surface area contributed by atoms with Crippen molar-refractivity contribution in [2.45, 2.75) is 0 Å². The van der Waals surface area contributed by atoms with Crippen LogP contribution in [-0.4, -0.2) is 29.2 Å². The van der Waals surface area contributed by atoms with Crippen molar-refractivity contribution in [1.82, 2.24) is 0 Å². The van der Waals surface area contributed by atoms with Crippen LogP contribution >= 0.6 is 0 Å². The van der Waals surface area contributed by atoms with E-state index in [2.05, 4.69) is 0 Å². The molecule has 35 valence electrons. The van der Waals surface area contributed by atoms with E-state index in [-0.39, 0.29) is 45.4 Å². The molecule has 0 atom stereocenters. The first-order valence-corrected chi connectivity index (χ1v) is 0.612. The first-order chi connectivity index (χ1) is 1.73. The van der Waals surface area contributed by atoms with Gasteiger partial charge in [-0.3, -0.25) is 0 Å². The SMILES string of the molecule is O=C([O-])[O-].[H-].[H-].[Mg+2].[Rh+2]. The first-order valence-electron chi connectivity index (χ1n) is 0.612. The number of carboxylic acid groups (broad SMARTS) is 2. The van der Waals surface area contributed by atoms with Crippen LogP contribution in [0, 0.1) is 0 Å². The summed E-state index contributed by atoms with van der Waals surface area (Å²) in [5.74, 6) is 0. The molecule has 0 heterocycles. The van der Waals surface area contributed by atoms with Gasteiger partial charge in [-0.1, -0.05) is 0 Å². The van der Waals surface area contributed by atoms with Crippen molar-refractivity contribution in [1.29, 1.82) is 0 Å². The van der Waals surface area contributed by atoms with Crippen molar-refractivity contribution >= 4 is 29.2 Å². The summed E-state index contributed by atoms with van der Waals surface area (Å²) in [4.78, 5) is 8.33. The third-order valence-corrected chi connectivity index (χ3v) is 0. The van der Waals surface area contributed by atoms with E-state index < -0.39 is 6.16 Å². The summed E-state index contributed by atoms with van der Waals surface area (Å²) in [6.07, 6.45) is -2.33. The van der Waals surface area contributed by atoms with Crippen molar-refractivity contribution in [3.63, 3.8) is 0 Å². The maximum absolute atomic E-state index is 8.33. The Balaban J connectivity index is -0.00000000750. The minimum atomic E-state index is -2.33. The van der Waals surface area contributed by atoms with Crippen LogP contribution in [-0.2, 0) is 19.5 Å². The molecule has 0 aromatic rings. The van der Waals surface area contributed by atoms with Crippen molar-refractivity contribution in [2.75, 3.05) is 0 Å². The molecule has 0 rings (SSSR count). The molecule has 0 aliphatic heterocycles. The van der Waals surface area contributed by atoms with Crippen LogP contribution in [0.15, 0.2) is 0 Å². The summed E-state index contributed by atoms with van der Waals surface area (Å²) in [6.45, 7) is 0. The second-order valence-electron chi connectivity index (χ2n) is 0.250. The summed E-state index contributed by atoms with van der Waals surface area (Å²) >= 11 is 0. The topological polar surface area (TPSA) is 63.2 Å². The van der Waals surface area contributed by atoms with Crippen LogP contribution < -0.4 is 10.2 Å². The maximum Gasteiger partial charge on any atom is 2.00 e. The number of carbonyl (C=O) groups excluding carboxylic acids is 1. The number of carbonyl (C=O) groups is 1. The minimum Gasteiger partial charge on any atom is -1.00 e. The summed E-state index contributed by atoms with van der Waals surface area (Å²) in [6, 6.07) is 0. The molecule has 5 heteroatoms. The van der Waals surface area contributed by atoms with E-state index in [0.29, 0.717) is 0 Å². The van der Waals surface area contributed by atoms with E-state index in [1.165, 1.54) is 0 Å². The van der Waals surface area contributed by atoms with E-state index in [1.54, 1.807) is 0 Å². The molecule has 0 fully saturated rings. The number of hydrogen-bond acceptors (Lipinski definition) is 3. The number of rotatable bonds is 0. The zero-order chi connectivity index (χ0) is 3.58. The van der Waals surface area contributed by atoms with Crippen LogP contribution in [0.25, 0.3) is 0 Å². The molecule has 0 aromatic carbocycles. The van der Waals surface area contributed by atoms with Crippen molar-refractivity contribution in [3.8, 4) is 0 Å². The van der Waals surface area contributed by atoms with Crippen LogP contribution in [0.2, 0.25) is 0 Å². The van der Waals surface area contributed by atoms with Gasteiger partial charge in [0.2, 0.25) is 0 Å². The molecule has 0 bridgehead atoms. The predicted octanol–water partition coefficient (Wildman–Crippen LogP) is -2.61. The molecule has 0 N–H and O–H groups in total. The van der Waals surface area contributed by atoms with Gasteiger partial charge in [0.15, 0.2) is 0 Å². The van der Waals surface area contributed by atoms with E-state index in [4.69, 9.17) is 15.0 Å². The molecule has 0 aromatic heterocycles. The normalized spacial score (nSPS) is 4.00. The molecule has 0 amide bonds. The monoisotopic (exact) mass is 189 g/mol. The smallest absolute Gasteiger partial charge is 1.00 e. The maximum atomic E-state index is 8.33. The molecule has 6 heavy (non-hydrogen) atoms. The van der Waals surface area contributed by atoms with Crippen LogP contribution in [0.4, 0.5) is 4.79 Å². The Morgan fingerprint density at radius 1 is 1.50 bits per heavy atom. The Labute approximate surface area is 66.6 Å². The zero-order valence-corrected chi connectivity index (χ0v) is 5.82. The molecule has 0 saturated carbocycles. The fourth-order valence-electron chi connectivity index (χ4n) is 0. The fraction of sp³-hybridized carbons (Fsp3) is 0. The summed E-state index contributed by atoms with van der Waals surface area (Å²) in [7, 11) is 0. The van der Waals surface area contributed by atoms with Crippen LogP contribution in [0.3, 0.4) is 0 Å². The molecular weight excluding hydrogens is 187 g/mol. The fourth-order valence-corrected chi connectivity index (χ4v) is 0. The Morgan fingerprint density at radius 2 is 1.50 bits per heavy atom. The Kier molecular flexibility index (Phi) is 24.4. The molecule has 0 unspecified atom stereocenters. The van der Waals surface area contributed by atoms with Gasteiger partial charge in [0.25, 0.3) is 0 Å². The molecule has 0 aliphatic carbocycles. The third kappa shape index (κ3) is 143. The standard InChI is InChI=1S/CH2O3.Mg.Rh.2H/c2-1(3)4;;;;/h(H2,2,3,4);;;;/q;2*+2;2*-1/p-2. The first kappa shape index (κ1) is 15.9. The van der Waals surface area contributed by atoms with Gasteiger partial charge in [0.1, 0.15) is 0 Å². The largest absolute Gasteiger partial charge is 2.00 e. The third-order valence-electron chi connectivity index (χ3n) is 0. The van der Waals surface area contributed by atoms with E-state index in [1.807, 2.05) is 0 Å². The van der Waals surface area contributed by atoms with Gasteiger partial charge >= 0.3 is 42.5 Å². The van der Waals surface area contributed by atoms with Crippen LogP contribution in [0.5, 0.6) is 0 Å². The van der Waals surface area contributed by atoms with Gasteiger partial charge in [0, 0.05) is 0 Å². The van der Waals surface area contributed by atoms with Gasteiger partial charge in [-0.2, -0.15) is 0 Å². The van der Waals surface area contributed by atoms with E-state index in [9.17, 15) is 0 Å².